The number of hydrogen-bond donors (Lipinski definition) is 2. The summed E-state index contributed by atoms with van der Waals surface area (Å²) in [6.07, 6.45) is -1.54. The van der Waals surface area contributed by atoms with Gasteiger partial charge in [-0.1, -0.05) is 11.6 Å². The normalized spacial score (nSPS) is 11.3. The fraction of sp³-hybridized carbons (Fsp3) is 0.0455. The summed E-state index contributed by atoms with van der Waals surface area (Å²) in [5.41, 5.74) is 0.296. The molecule has 4 aromatic rings. The van der Waals surface area contributed by atoms with E-state index < -0.39 is 28.6 Å². The van der Waals surface area contributed by atoms with Crippen molar-refractivity contribution >= 4 is 40.0 Å². The van der Waals surface area contributed by atoms with E-state index >= 15 is 0 Å². The van der Waals surface area contributed by atoms with E-state index in [1.807, 2.05) is 0 Å². The molecule has 1 heterocycles. The van der Waals surface area contributed by atoms with Crippen LogP contribution in [0.5, 0.6) is 11.5 Å². The molecule has 0 bridgehead atoms. The van der Waals surface area contributed by atoms with Gasteiger partial charge in [-0.3, -0.25) is 9.97 Å². The SMILES string of the molecule is O=C(Nc1cc(F)cc(Oc2ccc3nccnc3c2)c1)Nc1ccc(C(F)(F)F)c(Cl)c1. The number of nitrogens with one attached hydrogen (secondary N) is 2. The number of urea groups is 1. The van der Waals surface area contributed by atoms with Crippen LogP contribution in [0.3, 0.4) is 0 Å². The van der Waals surface area contributed by atoms with E-state index in [9.17, 15) is 22.4 Å². The number of anilines is 2. The first-order chi connectivity index (χ1) is 15.7. The highest BCUT2D eigenvalue weighted by molar-refractivity contribution is 6.31. The molecule has 0 fully saturated rings. The second-order valence-corrected chi connectivity index (χ2v) is 7.16. The Hall–Kier alpha value is -3.92. The van der Waals surface area contributed by atoms with Crippen LogP contribution in [0.4, 0.5) is 33.7 Å². The number of ether oxygens (including phenoxy) is 1. The molecular formula is C22H13ClF4N4O2. The van der Waals surface area contributed by atoms with Crippen molar-refractivity contribution in [3.8, 4) is 11.5 Å². The molecule has 0 aliphatic rings. The van der Waals surface area contributed by atoms with Crippen LogP contribution < -0.4 is 15.4 Å². The standard InChI is InChI=1S/C22H13ClF4N4O2/c23-18-10-13(1-3-17(18)22(25,26)27)30-21(32)31-14-7-12(24)8-16(9-14)33-15-2-4-19-20(11-15)29-6-5-28-19/h1-11H,(H2,30,31,32). The van der Waals surface area contributed by atoms with Gasteiger partial charge in [-0.25, -0.2) is 9.18 Å². The van der Waals surface area contributed by atoms with E-state index in [4.69, 9.17) is 16.3 Å². The first-order valence-electron chi connectivity index (χ1n) is 9.31. The van der Waals surface area contributed by atoms with Crippen molar-refractivity contribution in [2.75, 3.05) is 10.6 Å². The average molecular weight is 477 g/mol. The number of fused-ring (bicyclic) bond motifs is 1. The zero-order valence-electron chi connectivity index (χ0n) is 16.5. The summed E-state index contributed by atoms with van der Waals surface area (Å²) in [5.74, 6) is -0.199. The van der Waals surface area contributed by atoms with E-state index in [0.29, 0.717) is 16.8 Å². The largest absolute Gasteiger partial charge is 0.457 e. The minimum atomic E-state index is -4.62. The van der Waals surface area contributed by atoms with E-state index in [1.54, 1.807) is 24.4 Å². The highest BCUT2D eigenvalue weighted by Crippen LogP contribution is 2.36. The van der Waals surface area contributed by atoms with Crippen LogP contribution in [-0.2, 0) is 6.18 Å². The lowest BCUT2D eigenvalue weighted by Gasteiger charge is -2.12. The Morgan fingerprint density at radius 3 is 2.30 bits per heavy atom. The summed E-state index contributed by atoms with van der Waals surface area (Å²) in [5, 5.41) is 4.16. The van der Waals surface area contributed by atoms with Crippen LogP contribution in [0.25, 0.3) is 11.0 Å². The molecular weight excluding hydrogens is 464 g/mol. The van der Waals surface area contributed by atoms with Gasteiger partial charge in [-0.05, 0) is 36.4 Å². The maximum atomic E-state index is 14.1. The van der Waals surface area contributed by atoms with Gasteiger partial charge in [0.25, 0.3) is 0 Å². The summed E-state index contributed by atoms with van der Waals surface area (Å²) >= 11 is 5.65. The van der Waals surface area contributed by atoms with Crippen molar-refractivity contribution in [1.29, 1.82) is 0 Å². The number of aromatic nitrogens is 2. The first kappa shape index (κ1) is 22.3. The van der Waals surface area contributed by atoms with E-state index in [2.05, 4.69) is 20.6 Å². The van der Waals surface area contributed by atoms with E-state index in [1.165, 1.54) is 12.3 Å². The molecule has 11 heteroatoms. The third-order valence-electron chi connectivity index (χ3n) is 4.34. The molecule has 0 spiro atoms. The summed E-state index contributed by atoms with van der Waals surface area (Å²) < 4.78 is 58.1. The van der Waals surface area contributed by atoms with Gasteiger partial charge in [0.15, 0.2) is 0 Å². The average Bonchev–Trinajstić information content (AvgIpc) is 2.72. The number of benzene rings is 3. The lowest BCUT2D eigenvalue weighted by molar-refractivity contribution is -0.137. The molecule has 33 heavy (non-hydrogen) atoms. The Morgan fingerprint density at radius 2 is 1.58 bits per heavy atom. The second kappa shape index (κ2) is 8.91. The maximum Gasteiger partial charge on any atom is 0.417 e. The highest BCUT2D eigenvalue weighted by atomic mass is 35.5. The molecule has 0 atom stereocenters. The van der Waals surface area contributed by atoms with Crippen molar-refractivity contribution < 1.29 is 27.1 Å². The molecule has 0 radical (unpaired) electrons. The van der Waals surface area contributed by atoms with Gasteiger partial charge >= 0.3 is 12.2 Å². The van der Waals surface area contributed by atoms with Gasteiger partial charge in [0, 0.05) is 42.0 Å². The number of halogens is 5. The van der Waals surface area contributed by atoms with Gasteiger partial charge in [-0.2, -0.15) is 13.2 Å². The Bertz CT molecular complexity index is 1350. The number of nitrogens with zero attached hydrogens (tertiary/aromatic N) is 2. The Morgan fingerprint density at radius 1 is 0.848 bits per heavy atom. The lowest BCUT2D eigenvalue weighted by atomic mass is 10.2. The van der Waals surface area contributed by atoms with Gasteiger partial charge < -0.3 is 15.4 Å². The Balaban J connectivity index is 1.47. The fourth-order valence-corrected chi connectivity index (χ4v) is 3.24. The molecule has 3 aromatic carbocycles. The molecule has 6 nitrogen and oxygen atoms in total. The topological polar surface area (TPSA) is 76.1 Å². The maximum absolute atomic E-state index is 14.1. The van der Waals surface area contributed by atoms with Crippen molar-refractivity contribution in [3.63, 3.8) is 0 Å². The van der Waals surface area contributed by atoms with Crippen molar-refractivity contribution in [1.82, 2.24) is 9.97 Å². The van der Waals surface area contributed by atoms with Crippen molar-refractivity contribution in [2.45, 2.75) is 6.18 Å². The van der Waals surface area contributed by atoms with Gasteiger partial charge in [0.2, 0.25) is 0 Å². The minimum absolute atomic E-state index is 0.0237. The molecule has 0 aliphatic carbocycles. The third kappa shape index (κ3) is 5.47. The van der Waals surface area contributed by atoms with Gasteiger partial charge in [0.1, 0.15) is 17.3 Å². The summed E-state index contributed by atoms with van der Waals surface area (Å²) in [4.78, 5) is 20.6. The van der Waals surface area contributed by atoms with Crippen LogP contribution in [0.15, 0.2) is 67.0 Å². The number of carbonyl (C=O) groups excluding carboxylic acids is 1. The van der Waals surface area contributed by atoms with Gasteiger partial charge in [0.05, 0.1) is 21.6 Å². The van der Waals surface area contributed by atoms with Crippen LogP contribution in [-0.4, -0.2) is 16.0 Å². The van der Waals surface area contributed by atoms with Crippen LogP contribution in [0, 0.1) is 5.82 Å². The highest BCUT2D eigenvalue weighted by Gasteiger charge is 2.33. The molecule has 0 saturated heterocycles. The number of hydrogen-bond acceptors (Lipinski definition) is 4. The monoisotopic (exact) mass is 476 g/mol. The van der Waals surface area contributed by atoms with Crippen LogP contribution in [0.2, 0.25) is 5.02 Å². The smallest absolute Gasteiger partial charge is 0.417 e. The third-order valence-corrected chi connectivity index (χ3v) is 4.65. The first-order valence-corrected chi connectivity index (χ1v) is 9.69. The molecule has 2 N–H and O–H groups in total. The number of amides is 2. The molecule has 168 valence electrons. The van der Waals surface area contributed by atoms with E-state index in [-0.39, 0.29) is 17.1 Å². The van der Waals surface area contributed by atoms with Crippen molar-refractivity contribution in [2.24, 2.45) is 0 Å². The quantitative estimate of drug-likeness (QED) is 0.315. The predicted molar refractivity (Wildman–Crippen MR) is 115 cm³/mol. The number of alkyl halides is 3. The summed E-state index contributed by atoms with van der Waals surface area (Å²) in [7, 11) is 0. The van der Waals surface area contributed by atoms with Crippen LogP contribution >= 0.6 is 11.6 Å². The van der Waals surface area contributed by atoms with Crippen LogP contribution in [0.1, 0.15) is 5.56 Å². The zero-order valence-corrected chi connectivity index (χ0v) is 17.2. The molecule has 1 aromatic heterocycles. The molecule has 0 saturated carbocycles. The number of carbonyl (C=O) groups is 1. The second-order valence-electron chi connectivity index (χ2n) is 6.76. The van der Waals surface area contributed by atoms with E-state index in [0.717, 1.165) is 30.3 Å². The molecule has 0 aliphatic heterocycles. The lowest BCUT2D eigenvalue weighted by Crippen LogP contribution is -2.19. The molecule has 2 amide bonds. The Labute approximate surface area is 189 Å². The minimum Gasteiger partial charge on any atom is -0.457 e. The number of rotatable bonds is 4. The molecule has 0 unspecified atom stereocenters. The summed E-state index contributed by atoms with van der Waals surface area (Å²) in [6.45, 7) is 0. The zero-order chi connectivity index (χ0) is 23.6. The predicted octanol–water partition coefficient (Wildman–Crippen LogP) is 6.88. The summed E-state index contributed by atoms with van der Waals surface area (Å²) in [6, 6.07) is 10.5. The van der Waals surface area contributed by atoms with Gasteiger partial charge in [-0.15, -0.1) is 0 Å². The Kier molecular flexibility index (Phi) is 6.01. The molecule has 4 rings (SSSR count). The van der Waals surface area contributed by atoms with Crippen molar-refractivity contribution in [3.05, 3.63) is 83.4 Å². The fourth-order valence-electron chi connectivity index (χ4n) is 2.95.